The van der Waals surface area contributed by atoms with Crippen molar-refractivity contribution in [2.75, 3.05) is 13.2 Å². The molecule has 0 aliphatic carbocycles. The number of rotatable bonds is 7. The van der Waals surface area contributed by atoms with Crippen LogP contribution in [-0.2, 0) is 4.79 Å². The molecular formula is C22H24N2O3S. The molecule has 0 spiro atoms. The maximum Gasteiger partial charge on any atom is 0.264 e. The summed E-state index contributed by atoms with van der Waals surface area (Å²) in [5.41, 5.74) is 2.86. The van der Waals surface area contributed by atoms with Crippen molar-refractivity contribution >= 4 is 34.6 Å². The number of amides is 1. The molecule has 1 aliphatic heterocycles. The van der Waals surface area contributed by atoms with Crippen LogP contribution in [0.3, 0.4) is 0 Å². The molecule has 28 heavy (non-hydrogen) atoms. The van der Waals surface area contributed by atoms with Gasteiger partial charge in [0.15, 0.2) is 16.7 Å². The van der Waals surface area contributed by atoms with Gasteiger partial charge in [0.1, 0.15) is 0 Å². The van der Waals surface area contributed by atoms with Gasteiger partial charge in [0.05, 0.1) is 23.8 Å². The van der Waals surface area contributed by atoms with Gasteiger partial charge < -0.3 is 14.8 Å². The molecular weight excluding hydrogens is 372 g/mol. The van der Waals surface area contributed by atoms with Crippen LogP contribution in [0.15, 0.2) is 52.4 Å². The first-order chi connectivity index (χ1) is 13.6. The molecule has 2 aromatic carbocycles. The fraction of sp³-hybridized carbons (Fsp3) is 0.273. The van der Waals surface area contributed by atoms with Crippen molar-refractivity contribution in [3.63, 3.8) is 0 Å². The smallest absolute Gasteiger partial charge is 0.264 e. The van der Waals surface area contributed by atoms with Gasteiger partial charge in [-0.1, -0.05) is 30.7 Å². The Morgan fingerprint density at radius 3 is 2.57 bits per heavy atom. The first-order valence-electron chi connectivity index (χ1n) is 9.35. The highest BCUT2D eigenvalue weighted by Gasteiger charge is 2.24. The molecule has 0 bridgehead atoms. The number of thioether (sulfide) groups is 1. The standard InChI is InChI=1S/C22H24N2O3S/c1-4-12-27-18-11-8-16(13-19(18)26-5-2)14-20-21(25)24-22(28-20)23-17-9-6-15(3)7-10-17/h6-11,13-14H,4-5,12H2,1-3H3,(H,23,24,25)/b20-14-. The van der Waals surface area contributed by atoms with Crippen molar-refractivity contribution in [2.24, 2.45) is 4.99 Å². The number of hydrogen-bond donors (Lipinski definition) is 1. The van der Waals surface area contributed by atoms with Gasteiger partial charge in [0, 0.05) is 0 Å². The highest BCUT2D eigenvalue weighted by Crippen LogP contribution is 2.32. The molecule has 0 saturated carbocycles. The van der Waals surface area contributed by atoms with E-state index in [0.29, 0.717) is 29.0 Å². The predicted molar refractivity (Wildman–Crippen MR) is 115 cm³/mol. The van der Waals surface area contributed by atoms with Crippen molar-refractivity contribution < 1.29 is 14.3 Å². The van der Waals surface area contributed by atoms with Crippen LogP contribution in [0.1, 0.15) is 31.4 Å². The number of aryl methyl sites for hydroxylation is 1. The largest absolute Gasteiger partial charge is 0.490 e. The van der Waals surface area contributed by atoms with Crippen LogP contribution in [0.25, 0.3) is 6.08 Å². The third-order valence-electron chi connectivity index (χ3n) is 3.94. The lowest BCUT2D eigenvalue weighted by Gasteiger charge is -2.12. The summed E-state index contributed by atoms with van der Waals surface area (Å²) < 4.78 is 11.4. The summed E-state index contributed by atoms with van der Waals surface area (Å²) in [7, 11) is 0. The Balaban J connectivity index is 1.79. The Kier molecular flexibility index (Phi) is 6.76. The van der Waals surface area contributed by atoms with Gasteiger partial charge in [-0.05, 0) is 67.9 Å². The van der Waals surface area contributed by atoms with Crippen LogP contribution in [0.4, 0.5) is 5.69 Å². The van der Waals surface area contributed by atoms with Crippen LogP contribution in [0.2, 0.25) is 0 Å². The fourth-order valence-electron chi connectivity index (χ4n) is 2.58. The van der Waals surface area contributed by atoms with E-state index in [9.17, 15) is 4.79 Å². The summed E-state index contributed by atoms with van der Waals surface area (Å²) in [5.74, 6) is 1.25. The zero-order valence-corrected chi connectivity index (χ0v) is 17.1. The molecule has 5 nitrogen and oxygen atoms in total. The summed E-state index contributed by atoms with van der Waals surface area (Å²) in [6.07, 6.45) is 2.76. The monoisotopic (exact) mass is 396 g/mol. The SMILES string of the molecule is CCCOc1ccc(/C=C2\SC(=Nc3ccc(C)cc3)NC2=O)cc1OCC. The van der Waals surface area contributed by atoms with Crippen molar-refractivity contribution in [2.45, 2.75) is 27.2 Å². The van der Waals surface area contributed by atoms with E-state index in [1.54, 1.807) is 0 Å². The minimum Gasteiger partial charge on any atom is -0.490 e. The Morgan fingerprint density at radius 2 is 1.86 bits per heavy atom. The molecule has 6 heteroatoms. The molecule has 2 aromatic rings. The van der Waals surface area contributed by atoms with Crippen molar-refractivity contribution in [3.8, 4) is 11.5 Å². The van der Waals surface area contributed by atoms with E-state index in [0.717, 1.165) is 23.4 Å². The number of benzene rings is 2. The first kappa shape index (κ1) is 20.0. The number of carbonyl (C=O) groups is 1. The Bertz CT molecular complexity index is 904. The Hall–Kier alpha value is -2.73. The fourth-order valence-corrected chi connectivity index (χ4v) is 3.42. The second-order valence-electron chi connectivity index (χ2n) is 6.30. The average Bonchev–Trinajstić information content (AvgIpc) is 3.02. The number of aliphatic imine (C=N–C) groups is 1. The van der Waals surface area contributed by atoms with E-state index >= 15 is 0 Å². The predicted octanol–water partition coefficient (Wildman–Crippen LogP) is 5.07. The molecule has 1 heterocycles. The van der Waals surface area contributed by atoms with Gasteiger partial charge in [0.25, 0.3) is 5.91 Å². The van der Waals surface area contributed by atoms with Crippen LogP contribution in [0, 0.1) is 6.92 Å². The van der Waals surface area contributed by atoms with E-state index in [2.05, 4.69) is 17.2 Å². The number of nitrogens with zero attached hydrogens (tertiary/aromatic N) is 1. The summed E-state index contributed by atoms with van der Waals surface area (Å²) >= 11 is 1.33. The van der Waals surface area contributed by atoms with Crippen LogP contribution in [0.5, 0.6) is 11.5 Å². The maximum atomic E-state index is 12.3. The van der Waals surface area contributed by atoms with Crippen LogP contribution < -0.4 is 14.8 Å². The molecule has 0 aromatic heterocycles. The zero-order chi connectivity index (χ0) is 19.9. The molecule has 146 valence electrons. The third kappa shape index (κ3) is 5.16. The average molecular weight is 397 g/mol. The maximum absolute atomic E-state index is 12.3. The highest BCUT2D eigenvalue weighted by molar-refractivity contribution is 8.18. The molecule has 0 radical (unpaired) electrons. The molecule has 3 rings (SSSR count). The van der Waals surface area contributed by atoms with Crippen LogP contribution in [-0.4, -0.2) is 24.3 Å². The zero-order valence-electron chi connectivity index (χ0n) is 16.3. The van der Waals surface area contributed by atoms with Gasteiger partial charge in [-0.2, -0.15) is 0 Å². The summed E-state index contributed by atoms with van der Waals surface area (Å²) in [5, 5.41) is 3.39. The normalized spacial score (nSPS) is 16.5. The molecule has 1 amide bonds. The second kappa shape index (κ2) is 9.46. The number of amidine groups is 1. The van der Waals surface area contributed by atoms with E-state index < -0.39 is 0 Å². The van der Waals surface area contributed by atoms with Gasteiger partial charge in [-0.25, -0.2) is 4.99 Å². The van der Waals surface area contributed by atoms with Gasteiger partial charge in [-0.3, -0.25) is 4.79 Å². The minimum absolute atomic E-state index is 0.153. The third-order valence-corrected chi connectivity index (χ3v) is 4.85. The van der Waals surface area contributed by atoms with Crippen LogP contribution >= 0.6 is 11.8 Å². The van der Waals surface area contributed by atoms with E-state index in [4.69, 9.17) is 9.47 Å². The first-order valence-corrected chi connectivity index (χ1v) is 10.2. The lowest BCUT2D eigenvalue weighted by Crippen LogP contribution is -2.19. The molecule has 1 fully saturated rings. The lowest BCUT2D eigenvalue weighted by molar-refractivity contribution is -0.115. The van der Waals surface area contributed by atoms with Crippen molar-refractivity contribution in [1.29, 1.82) is 0 Å². The summed E-state index contributed by atoms with van der Waals surface area (Å²) in [6, 6.07) is 13.5. The van der Waals surface area contributed by atoms with Gasteiger partial charge in [-0.15, -0.1) is 0 Å². The van der Waals surface area contributed by atoms with Crippen molar-refractivity contribution in [3.05, 3.63) is 58.5 Å². The number of nitrogens with one attached hydrogen (secondary N) is 1. The summed E-state index contributed by atoms with van der Waals surface area (Å²) in [4.78, 5) is 17.4. The Labute approximate surface area is 169 Å². The van der Waals surface area contributed by atoms with Gasteiger partial charge in [0.2, 0.25) is 0 Å². The second-order valence-corrected chi connectivity index (χ2v) is 7.34. The molecule has 1 aliphatic rings. The highest BCUT2D eigenvalue weighted by atomic mass is 32.2. The number of hydrogen-bond acceptors (Lipinski definition) is 5. The van der Waals surface area contributed by atoms with E-state index in [-0.39, 0.29) is 5.91 Å². The van der Waals surface area contributed by atoms with Gasteiger partial charge >= 0.3 is 0 Å². The Morgan fingerprint density at radius 1 is 1.07 bits per heavy atom. The van der Waals surface area contributed by atoms with Crippen molar-refractivity contribution in [1.82, 2.24) is 5.32 Å². The van der Waals surface area contributed by atoms with E-state index in [1.165, 1.54) is 17.3 Å². The number of ether oxygens (including phenoxy) is 2. The molecule has 0 unspecified atom stereocenters. The topological polar surface area (TPSA) is 59.9 Å². The molecule has 1 N–H and O–H groups in total. The van der Waals surface area contributed by atoms with E-state index in [1.807, 2.05) is 62.4 Å². The molecule has 1 saturated heterocycles. The number of carbonyl (C=O) groups excluding carboxylic acids is 1. The minimum atomic E-state index is -0.153. The summed E-state index contributed by atoms with van der Waals surface area (Å²) in [6.45, 7) is 7.20. The lowest BCUT2D eigenvalue weighted by atomic mass is 10.2. The quantitative estimate of drug-likeness (QED) is 0.664. The molecule has 0 atom stereocenters.